The number of carbonyl (C=O) groups is 1. The number of aromatic nitrogens is 3. The summed E-state index contributed by atoms with van der Waals surface area (Å²) in [6, 6.07) is 4.57. The Morgan fingerprint density at radius 2 is 1.85 bits per heavy atom. The van der Waals surface area contributed by atoms with E-state index < -0.39 is 10.0 Å². The molecule has 1 aromatic heterocycles. The van der Waals surface area contributed by atoms with E-state index in [1.165, 1.54) is 14.2 Å². The van der Waals surface area contributed by atoms with Crippen molar-refractivity contribution in [2.75, 3.05) is 42.9 Å². The van der Waals surface area contributed by atoms with Gasteiger partial charge in [0.2, 0.25) is 21.9 Å². The lowest BCUT2D eigenvalue weighted by atomic mass is 10.0. The largest absolute Gasteiger partial charge is 0.497 e. The molecular formula is C20H29N5O6S2. The number of anilines is 2. The van der Waals surface area contributed by atoms with Crippen molar-refractivity contribution in [1.29, 1.82) is 0 Å². The van der Waals surface area contributed by atoms with Crippen LogP contribution in [0, 0.1) is 5.92 Å². The van der Waals surface area contributed by atoms with E-state index in [0.717, 1.165) is 18.0 Å². The zero-order valence-electron chi connectivity index (χ0n) is 19.2. The number of nitrogens with one attached hydrogen (secondary N) is 2. The number of benzene rings is 1. The second-order valence-corrected chi connectivity index (χ2v) is 10.3. The third-order valence-electron chi connectivity index (χ3n) is 4.24. The van der Waals surface area contributed by atoms with Crippen LogP contribution in [0.2, 0.25) is 0 Å². The first kappa shape index (κ1) is 26.6. The van der Waals surface area contributed by atoms with Crippen LogP contribution >= 0.6 is 11.8 Å². The molecule has 0 unspecified atom stereocenters. The van der Waals surface area contributed by atoms with Crippen LogP contribution in [0.15, 0.2) is 23.4 Å². The number of rotatable bonds is 13. The average molecular weight is 500 g/mol. The normalized spacial score (nSPS) is 12.3. The van der Waals surface area contributed by atoms with Gasteiger partial charge in [0.15, 0.2) is 10.9 Å². The molecule has 3 N–H and O–H groups in total. The minimum Gasteiger partial charge on any atom is -0.497 e. The summed E-state index contributed by atoms with van der Waals surface area (Å²) in [6.45, 7) is 3.86. The predicted octanol–water partition coefficient (Wildman–Crippen LogP) is 2.05. The third-order valence-corrected chi connectivity index (χ3v) is 5.64. The van der Waals surface area contributed by atoms with Gasteiger partial charge in [-0.25, -0.2) is 8.42 Å². The number of Topliss-reactive ketones (excluding diaryl/α,β-unsaturated/α-hetero) is 1. The van der Waals surface area contributed by atoms with Gasteiger partial charge in [-0.05, 0) is 30.5 Å². The molecule has 0 amide bonds. The topological polar surface area (TPSA) is 153 Å². The van der Waals surface area contributed by atoms with Crippen molar-refractivity contribution in [1.82, 2.24) is 15.0 Å². The molecule has 0 fully saturated rings. The minimum atomic E-state index is -3.64. The lowest BCUT2D eigenvalue weighted by Crippen LogP contribution is -2.27. The van der Waals surface area contributed by atoms with Crippen LogP contribution in [0.3, 0.4) is 0 Å². The number of hydrogen-bond acceptors (Lipinski definition) is 11. The van der Waals surface area contributed by atoms with Crippen LogP contribution in [0.5, 0.6) is 11.5 Å². The van der Waals surface area contributed by atoms with Gasteiger partial charge in [-0.15, -0.1) is 0 Å². The summed E-state index contributed by atoms with van der Waals surface area (Å²) in [5.41, 5.74) is 0.337. The number of aliphatic hydroxyl groups is 1. The SMILES string of the molecule is COc1ccc(OC)c(C(=O)CSc2nc(N[C@@H](CO)CC(C)C)nc(NS(C)(=O)=O)n2)c1. The van der Waals surface area contributed by atoms with E-state index in [4.69, 9.17) is 9.47 Å². The Kier molecular flexibility index (Phi) is 9.68. The quantitative estimate of drug-likeness (QED) is 0.274. The Morgan fingerprint density at radius 1 is 1.15 bits per heavy atom. The molecule has 182 valence electrons. The molecule has 0 aliphatic heterocycles. The second kappa shape index (κ2) is 12.0. The van der Waals surface area contributed by atoms with Crippen molar-refractivity contribution in [3.63, 3.8) is 0 Å². The number of thioether (sulfide) groups is 1. The molecule has 13 heteroatoms. The number of aliphatic hydroxyl groups excluding tert-OH is 1. The first-order valence-electron chi connectivity index (χ1n) is 10.0. The number of nitrogens with zero attached hydrogens (tertiary/aromatic N) is 3. The molecule has 1 heterocycles. The number of methoxy groups -OCH3 is 2. The molecule has 0 aliphatic rings. The van der Waals surface area contributed by atoms with Crippen LogP contribution < -0.4 is 19.5 Å². The molecule has 0 saturated heterocycles. The van der Waals surface area contributed by atoms with Crippen LogP contribution in [0.4, 0.5) is 11.9 Å². The van der Waals surface area contributed by atoms with Crippen molar-refractivity contribution in [3.8, 4) is 11.5 Å². The van der Waals surface area contributed by atoms with Crippen LogP contribution in [-0.4, -0.2) is 73.1 Å². The summed E-state index contributed by atoms with van der Waals surface area (Å²) in [6.07, 6.45) is 1.62. The van der Waals surface area contributed by atoms with Gasteiger partial charge >= 0.3 is 0 Å². The number of sulfonamides is 1. The van der Waals surface area contributed by atoms with Crippen LogP contribution in [0.1, 0.15) is 30.6 Å². The summed E-state index contributed by atoms with van der Waals surface area (Å²) in [7, 11) is -0.676. The maximum absolute atomic E-state index is 12.8. The Morgan fingerprint density at radius 3 is 2.42 bits per heavy atom. The monoisotopic (exact) mass is 499 g/mol. The summed E-state index contributed by atoms with van der Waals surface area (Å²) >= 11 is 1.01. The fourth-order valence-corrected chi connectivity index (χ4v) is 4.01. The number of carbonyl (C=O) groups excluding carboxylic acids is 1. The summed E-state index contributed by atoms with van der Waals surface area (Å²) in [4.78, 5) is 25.3. The van der Waals surface area contributed by atoms with Gasteiger partial charge in [0.25, 0.3) is 0 Å². The van der Waals surface area contributed by atoms with Gasteiger partial charge in [0.1, 0.15) is 11.5 Å². The molecule has 0 bridgehead atoms. The summed E-state index contributed by atoms with van der Waals surface area (Å²) in [5, 5.41) is 12.8. The first-order chi connectivity index (χ1) is 15.5. The highest BCUT2D eigenvalue weighted by Crippen LogP contribution is 2.27. The maximum Gasteiger partial charge on any atom is 0.242 e. The summed E-state index contributed by atoms with van der Waals surface area (Å²) in [5.74, 6) is 0.815. The number of ether oxygens (including phenoxy) is 2. The van der Waals surface area contributed by atoms with E-state index in [1.54, 1.807) is 18.2 Å². The van der Waals surface area contributed by atoms with Crippen molar-refractivity contribution in [2.24, 2.45) is 5.92 Å². The van der Waals surface area contributed by atoms with Gasteiger partial charge < -0.3 is 19.9 Å². The highest BCUT2D eigenvalue weighted by molar-refractivity contribution is 7.99. The fraction of sp³-hybridized carbons (Fsp3) is 0.500. The van der Waals surface area contributed by atoms with E-state index in [0.29, 0.717) is 29.4 Å². The average Bonchev–Trinajstić information content (AvgIpc) is 2.74. The fourth-order valence-electron chi connectivity index (χ4n) is 2.87. The second-order valence-electron chi connectivity index (χ2n) is 7.57. The standard InChI is InChI=1S/C20H29N5O6S2/c1-12(2)8-13(10-26)21-18-22-19(25-33(5,28)29)24-20(23-18)32-11-16(27)15-9-14(30-3)6-7-17(15)31-4/h6-7,9,12-13,26H,8,10-11H2,1-5H3,(H2,21,22,23,24,25)/t13-/m1/s1. The van der Waals surface area contributed by atoms with Crippen molar-refractivity contribution in [2.45, 2.75) is 31.5 Å². The lowest BCUT2D eigenvalue weighted by Gasteiger charge is -2.18. The third kappa shape index (κ3) is 8.67. The predicted molar refractivity (Wildman–Crippen MR) is 127 cm³/mol. The van der Waals surface area contributed by atoms with Crippen LogP contribution in [0.25, 0.3) is 0 Å². The Hall–Kier alpha value is -2.64. The van der Waals surface area contributed by atoms with Crippen molar-refractivity contribution < 1.29 is 27.8 Å². The van der Waals surface area contributed by atoms with Gasteiger partial charge in [-0.2, -0.15) is 15.0 Å². The Balaban J connectivity index is 2.27. The highest BCUT2D eigenvalue weighted by atomic mass is 32.2. The first-order valence-corrected chi connectivity index (χ1v) is 12.9. The molecule has 1 aromatic carbocycles. The number of ketones is 1. The van der Waals surface area contributed by atoms with E-state index in [1.807, 2.05) is 13.8 Å². The number of hydrogen-bond donors (Lipinski definition) is 3. The molecule has 33 heavy (non-hydrogen) atoms. The van der Waals surface area contributed by atoms with Gasteiger partial charge in [-0.1, -0.05) is 25.6 Å². The molecule has 0 aliphatic carbocycles. The molecule has 1 atom stereocenters. The lowest BCUT2D eigenvalue weighted by molar-refractivity contribution is 0.101. The Bertz CT molecular complexity index is 1060. The zero-order valence-corrected chi connectivity index (χ0v) is 20.8. The van der Waals surface area contributed by atoms with Crippen molar-refractivity contribution in [3.05, 3.63) is 23.8 Å². The summed E-state index contributed by atoms with van der Waals surface area (Å²) < 4.78 is 36.0. The van der Waals surface area contributed by atoms with Crippen molar-refractivity contribution >= 4 is 39.5 Å². The van der Waals surface area contributed by atoms with Gasteiger partial charge in [-0.3, -0.25) is 9.52 Å². The van der Waals surface area contributed by atoms with Gasteiger partial charge in [0, 0.05) is 0 Å². The zero-order chi connectivity index (χ0) is 24.6. The molecule has 2 aromatic rings. The van der Waals surface area contributed by atoms with E-state index in [2.05, 4.69) is 25.0 Å². The highest BCUT2D eigenvalue weighted by Gasteiger charge is 2.18. The molecule has 11 nitrogen and oxygen atoms in total. The van der Waals surface area contributed by atoms with E-state index >= 15 is 0 Å². The smallest absolute Gasteiger partial charge is 0.242 e. The molecule has 2 rings (SSSR count). The van der Waals surface area contributed by atoms with Gasteiger partial charge in [0.05, 0.1) is 44.4 Å². The molecule has 0 spiro atoms. The van der Waals surface area contributed by atoms with E-state index in [9.17, 15) is 18.3 Å². The molecular weight excluding hydrogens is 470 g/mol. The van der Waals surface area contributed by atoms with E-state index in [-0.39, 0.29) is 41.2 Å². The Labute approximate surface area is 197 Å². The molecule has 0 radical (unpaired) electrons. The maximum atomic E-state index is 12.8. The molecule has 0 saturated carbocycles. The van der Waals surface area contributed by atoms with Crippen LogP contribution in [-0.2, 0) is 10.0 Å². The minimum absolute atomic E-state index is 0.0410.